The van der Waals surface area contributed by atoms with Crippen LogP contribution in [0.1, 0.15) is 46.5 Å². The van der Waals surface area contributed by atoms with E-state index < -0.39 is 0 Å². The number of hydrogen-bond donors (Lipinski definition) is 1. The minimum absolute atomic E-state index is 0.239. The lowest BCUT2D eigenvalue weighted by Crippen LogP contribution is -2.30. The van der Waals surface area contributed by atoms with E-state index in [1.165, 1.54) is 0 Å². The number of hydrogen-bond acceptors (Lipinski definition) is 3. The quantitative estimate of drug-likeness (QED) is 0.499. The zero-order chi connectivity index (χ0) is 11.3. The number of aliphatic hydroxyl groups is 1. The van der Waals surface area contributed by atoms with Gasteiger partial charge in [-0.25, -0.2) is 0 Å². The van der Waals surface area contributed by atoms with Crippen LogP contribution in [0.5, 0.6) is 0 Å². The minimum Gasteiger partial charge on any atom is -0.390 e. The molecule has 3 heteroatoms. The van der Waals surface area contributed by atoms with E-state index in [4.69, 9.17) is 9.47 Å². The van der Waals surface area contributed by atoms with Crippen LogP contribution in [-0.2, 0) is 9.47 Å². The fraction of sp³-hybridized carbons (Fsp3) is 1.00. The van der Waals surface area contributed by atoms with Crippen molar-refractivity contribution in [1.29, 1.82) is 0 Å². The van der Waals surface area contributed by atoms with Crippen molar-refractivity contribution in [2.24, 2.45) is 0 Å². The van der Waals surface area contributed by atoms with E-state index in [0.29, 0.717) is 13.0 Å². The molecule has 0 aliphatic carbocycles. The monoisotopic (exact) mass is 216 g/mol. The van der Waals surface area contributed by atoms with Gasteiger partial charge in [0, 0.05) is 13.2 Å². The lowest BCUT2D eigenvalue weighted by molar-refractivity contribution is 0.0390. The third-order valence-corrected chi connectivity index (χ3v) is 3.19. The lowest BCUT2D eigenvalue weighted by Gasteiger charge is -2.15. The molecule has 1 N–H and O–H groups in total. The summed E-state index contributed by atoms with van der Waals surface area (Å²) in [7, 11) is 0. The second-order valence-corrected chi connectivity index (χ2v) is 4.47. The van der Waals surface area contributed by atoms with Crippen molar-refractivity contribution in [2.75, 3.05) is 13.2 Å². The number of rotatable bonds is 8. The first-order valence-corrected chi connectivity index (χ1v) is 6.08. The zero-order valence-electron chi connectivity index (χ0n) is 10.2. The fourth-order valence-corrected chi connectivity index (χ4v) is 1.88. The predicted molar refractivity (Wildman–Crippen MR) is 59.9 cm³/mol. The average molecular weight is 216 g/mol. The molecule has 3 atom stereocenters. The maximum atomic E-state index is 9.90. The van der Waals surface area contributed by atoms with Gasteiger partial charge in [-0.2, -0.15) is 0 Å². The third-order valence-electron chi connectivity index (χ3n) is 3.19. The molecule has 0 bridgehead atoms. The summed E-state index contributed by atoms with van der Waals surface area (Å²) < 4.78 is 10.9. The van der Waals surface area contributed by atoms with Gasteiger partial charge >= 0.3 is 0 Å². The van der Waals surface area contributed by atoms with Crippen LogP contribution in [0.25, 0.3) is 0 Å². The molecule has 0 aromatic carbocycles. The van der Waals surface area contributed by atoms with Gasteiger partial charge in [-0.1, -0.05) is 20.3 Å². The van der Waals surface area contributed by atoms with Crippen molar-refractivity contribution in [1.82, 2.24) is 0 Å². The molecule has 3 nitrogen and oxygen atoms in total. The zero-order valence-corrected chi connectivity index (χ0v) is 10.2. The molecule has 0 aromatic rings. The Kier molecular flexibility index (Phi) is 5.03. The van der Waals surface area contributed by atoms with Crippen molar-refractivity contribution in [3.05, 3.63) is 0 Å². The molecule has 0 aromatic heterocycles. The summed E-state index contributed by atoms with van der Waals surface area (Å²) in [4.78, 5) is 0. The van der Waals surface area contributed by atoms with Crippen LogP contribution < -0.4 is 0 Å². The summed E-state index contributed by atoms with van der Waals surface area (Å²) in [6.07, 6.45) is 3.76. The van der Waals surface area contributed by atoms with Crippen molar-refractivity contribution >= 4 is 0 Å². The molecule has 1 saturated heterocycles. The molecule has 0 radical (unpaired) electrons. The molecule has 0 amide bonds. The molecule has 1 heterocycles. The van der Waals surface area contributed by atoms with Gasteiger partial charge in [0.2, 0.25) is 0 Å². The van der Waals surface area contributed by atoms with Gasteiger partial charge in [0.05, 0.1) is 12.2 Å². The minimum atomic E-state index is -0.385. The Labute approximate surface area is 92.8 Å². The lowest BCUT2D eigenvalue weighted by atomic mass is 9.97. The van der Waals surface area contributed by atoms with Crippen LogP contribution >= 0.6 is 0 Å². The summed E-state index contributed by atoms with van der Waals surface area (Å²) in [5.74, 6) is 0. The van der Waals surface area contributed by atoms with E-state index in [1.807, 2.05) is 6.92 Å². The molecule has 1 aliphatic heterocycles. The number of aliphatic hydroxyl groups excluding tert-OH is 1. The molecule has 1 rings (SSSR count). The standard InChI is InChI=1S/C12H24O3/c1-4-6-8-14-9-7-10(13)12(3)11(5-2)15-12/h10-11,13H,4-9H2,1-3H3/t10-,11?,12?/m1/s1. The maximum absolute atomic E-state index is 9.90. The van der Waals surface area contributed by atoms with Crippen LogP contribution in [-0.4, -0.2) is 36.1 Å². The van der Waals surface area contributed by atoms with Gasteiger partial charge in [0.1, 0.15) is 5.60 Å². The van der Waals surface area contributed by atoms with Gasteiger partial charge in [-0.15, -0.1) is 0 Å². The van der Waals surface area contributed by atoms with Crippen LogP contribution in [0.4, 0.5) is 0 Å². The fourth-order valence-electron chi connectivity index (χ4n) is 1.88. The van der Waals surface area contributed by atoms with Gasteiger partial charge < -0.3 is 14.6 Å². The van der Waals surface area contributed by atoms with Crippen LogP contribution in [0.2, 0.25) is 0 Å². The molecule has 0 saturated carbocycles. The summed E-state index contributed by atoms with van der Waals surface area (Å²) in [5, 5.41) is 9.90. The average Bonchev–Trinajstić information content (AvgIpc) is 2.91. The SMILES string of the molecule is CCCCOCC[C@@H](O)C1(C)OC1CC. The predicted octanol–water partition coefficient (Wildman–Crippen LogP) is 2.12. The van der Waals surface area contributed by atoms with E-state index in [0.717, 1.165) is 25.9 Å². The largest absolute Gasteiger partial charge is 0.390 e. The van der Waals surface area contributed by atoms with Crippen molar-refractivity contribution < 1.29 is 14.6 Å². The first kappa shape index (κ1) is 12.9. The molecular formula is C12H24O3. The molecule has 0 spiro atoms. The smallest absolute Gasteiger partial charge is 0.118 e. The third kappa shape index (κ3) is 3.44. The van der Waals surface area contributed by atoms with Crippen LogP contribution in [0.3, 0.4) is 0 Å². The number of epoxide rings is 1. The summed E-state index contributed by atoms with van der Waals surface area (Å²) >= 11 is 0. The molecule has 90 valence electrons. The Bertz CT molecular complexity index is 184. The first-order valence-electron chi connectivity index (χ1n) is 6.08. The van der Waals surface area contributed by atoms with Gasteiger partial charge in [0.25, 0.3) is 0 Å². The van der Waals surface area contributed by atoms with E-state index in [-0.39, 0.29) is 17.8 Å². The molecule has 1 fully saturated rings. The number of unbranched alkanes of at least 4 members (excludes halogenated alkanes) is 1. The first-order chi connectivity index (χ1) is 7.15. The van der Waals surface area contributed by atoms with Gasteiger partial charge in [-0.3, -0.25) is 0 Å². The molecule has 2 unspecified atom stereocenters. The highest BCUT2D eigenvalue weighted by molar-refractivity contribution is 5.03. The molecule has 15 heavy (non-hydrogen) atoms. The summed E-state index contributed by atoms with van der Waals surface area (Å²) in [6, 6.07) is 0. The number of ether oxygens (including phenoxy) is 2. The maximum Gasteiger partial charge on any atom is 0.118 e. The summed E-state index contributed by atoms with van der Waals surface area (Å²) in [5.41, 5.74) is -0.303. The topological polar surface area (TPSA) is 42.0 Å². The van der Waals surface area contributed by atoms with Crippen LogP contribution in [0.15, 0.2) is 0 Å². The second kappa shape index (κ2) is 5.83. The highest BCUT2D eigenvalue weighted by atomic mass is 16.6. The van der Waals surface area contributed by atoms with Gasteiger partial charge in [-0.05, 0) is 26.2 Å². The second-order valence-electron chi connectivity index (χ2n) is 4.47. The normalized spacial score (nSPS) is 31.6. The molecular weight excluding hydrogens is 192 g/mol. The van der Waals surface area contributed by atoms with Crippen LogP contribution in [0, 0.1) is 0 Å². The van der Waals surface area contributed by atoms with E-state index in [2.05, 4.69) is 13.8 Å². The Morgan fingerprint density at radius 3 is 2.67 bits per heavy atom. The van der Waals surface area contributed by atoms with Crippen molar-refractivity contribution in [3.8, 4) is 0 Å². The van der Waals surface area contributed by atoms with E-state index in [1.54, 1.807) is 0 Å². The Balaban J connectivity index is 2.07. The van der Waals surface area contributed by atoms with E-state index >= 15 is 0 Å². The highest BCUT2D eigenvalue weighted by Gasteiger charge is 2.55. The van der Waals surface area contributed by atoms with E-state index in [9.17, 15) is 5.11 Å². The molecule has 1 aliphatic rings. The summed E-state index contributed by atoms with van der Waals surface area (Å²) in [6.45, 7) is 7.65. The Hall–Kier alpha value is -0.120. The Morgan fingerprint density at radius 2 is 2.13 bits per heavy atom. The van der Waals surface area contributed by atoms with Crippen molar-refractivity contribution in [3.63, 3.8) is 0 Å². The van der Waals surface area contributed by atoms with Crippen molar-refractivity contribution in [2.45, 2.75) is 64.3 Å². The Morgan fingerprint density at radius 1 is 1.40 bits per heavy atom. The highest BCUT2D eigenvalue weighted by Crippen LogP contribution is 2.42. The van der Waals surface area contributed by atoms with Gasteiger partial charge in [0.15, 0.2) is 0 Å².